The highest BCUT2D eigenvalue weighted by Crippen LogP contribution is 2.37. The molecule has 29 heavy (non-hydrogen) atoms. The average Bonchev–Trinajstić information content (AvgIpc) is 2.74. The topological polar surface area (TPSA) is 34.1 Å². The fraction of sp³-hybridized carbons (Fsp3) is 0.200. The lowest BCUT2D eigenvalue weighted by Crippen LogP contribution is -2.07. The second-order valence-corrected chi connectivity index (χ2v) is 8.48. The second-order valence-electron chi connectivity index (χ2n) is 6.48. The molecule has 0 bridgehead atoms. The maximum atomic E-state index is 12.7. The molecule has 0 radical (unpaired) electrons. The van der Waals surface area contributed by atoms with Gasteiger partial charge in [0.2, 0.25) is 0 Å². The lowest BCUT2D eigenvalue weighted by Gasteiger charge is -2.15. The zero-order chi connectivity index (χ0) is 20.4. The van der Waals surface area contributed by atoms with Crippen LogP contribution in [0.2, 0.25) is 0 Å². The zero-order valence-electron chi connectivity index (χ0n) is 17.1. The standard InChI is InChI=1S/C21H18O2S.C4H10.H2S/c1-2-16-24(22,23)20-15-9-14-19(17-10-5-3-6-11-17)21(20)18-12-7-4-8-13-18;1-3-4-2;/h2-15H,1,16H2;3-4H2,1-2H3;1H2. The van der Waals surface area contributed by atoms with Crippen LogP contribution in [0.4, 0.5) is 0 Å². The molecule has 0 N–H and O–H groups in total. The van der Waals surface area contributed by atoms with Crippen LogP contribution in [0.1, 0.15) is 26.7 Å². The molecule has 0 saturated heterocycles. The Morgan fingerprint density at radius 3 is 1.76 bits per heavy atom. The van der Waals surface area contributed by atoms with Crippen LogP contribution in [0.3, 0.4) is 0 Å². The molecule has 0 fully saturated rings. The highest BCUT2D eigenvalue weighted by molar-refractivity contribution is 7.91. The minimum absolute atomic E-state index is 0. The first-order chi connectivity index (χ1) is 13.5. The first kappa shape index (κ1) is 24.7. The number of sulfone groups is 1. The van der Waals surface area contributed by atoms with Crippen molar-refractivity contribution in [3.05, 3.63) is 91.5 Å². The minimum Gasteiger partial charge on any atom is -0.223 e. The SMILES string of the molecule is C=CCS(=O)(=O)c1cccc(-c2ccccc2)c1-c1ccccc1.CCCC.S. The molecule has 0 unspecified atom stereocenters. The number of hydrogen-bond acceptors (Lipinski definition) is 2. The van der Waals surface area contributed by atoms with Crippen LogP contribution in [-0.2, 0) is 9.84 Å². The molecule has 0 aliphatic heterocycles. The number of hydrogen-bond donors (Lipinski definition) is 0. The normalized spacial score (nSPS) is 10.3. The van der Waals surface area contributed by atoms with Crippen molar-refractivity contribution < 1.29 is 8.42 Å². The van der Waals surface area contributed by atoms with Crippen molar-refractivity contribution in [3.63, 3.8) is 0 Å². The van der Waals surface area contributed by atoms with E-state index in [4.69, 9.17) is 0 Å². The Labute approximate surface area is 182 Å². The van der Waals surface area contributed by atoms with Crippen molar-refractivity contribution in [2.24, 2.45) is 0 Å². The third-order valence-electron chi connectivity index (χ3n) is 4.35. The maximum Gasteiger partial charge on any atom is 0.182 e. The summed E-state index contributed by atoms with van der Waals surface area (Å²) in [6.07, 6.45) is 4.07. The van der Waals surface area contributed by atoms with Crippen molar-refractivity contribution in [1.29, 1.82) is 0 Å². The summed E-state index contributed by atoms with van der Waals surface area (Å²) in [4.78, 5) is 0.343. The Morgan fingerprint density at radius 2 is 1.28 bits per heavy atom. The van der Waals surface area contributed by atoms with Crippen molar-refractivity contribution in [2.45, 2.75) is 31.6 Å². The summed E-state index contributed by atoms with van der Waals surface area (Å²) in [6, 6.07) is 24.9. The second kappa shape index (κ2) is 12.3. The fourth-order valence-corrected chi connectivity index (χ4v) is 4.11. The molecule has 0 heterocycles. The molecule has 0 saturated carbocycles. The van der Waals surface area contributed by atoms with E-state index >= 15 is 0 Å². The van der Waals surface area contributed by atoms with E-state index in [0.29, 0.717) is 4.90 Å². The minimum atomic E-state index is -3.44. The number of benzene rings is 3. The van der Waals surface area contributed by atoms with Crippen molar-refractivity contribution in [1.82, 2.24) is 0 Å². The van der Waals surface area contributed by atoms with Gasteiger partial charge >= 0.3 is 0 Å². The Kier molecular flexibility index (Phi) is 10.5. The van der Waals surface area contributed by atoms with E-state index in [2.05, 4.69) is 20.4 Å². The summed E-state index contributed by atoms with van der Waals surface area (Å²) in [5, 5.41) is 0. The van der Waals surface area contributed by atoms with Crippen molar-refractivity contribution in [2.75, 3.05) is 5.75 Å². The van der Waals surface area contributed by atoms with E-state index in [1.165, 1.54) is 18.9 Å². The van der Waals surface area contributed by atoms with Gasteiger partial charge in [0.1, 0.15) is 0 Å². The quantitative estimate of drug-likeness (QED) is 0.402. The van der Waals surface area contributed by atoms with Gasteiger partial charge in [0.05, 0.1) is 10.6 Å². The highest BCUT2D eigenvalue weighted by atomic mass is 32.2. The summed E-state index contributed by atoms with van der Waals surface area (Å²) in [5.74, 6) is -0.0783. The molecule has 0 atom stereocenters. The van der Waals surface area contributed by atoms with Gasteiger partial charge in [-0.2, -0.15) is 13.5 Å². The van der Waals surface area contributed by atoms with E-state index in [-0.39, 0.29) is 19.2 Å². The van der Waals surface area contributed by atoms with E-state index in [1.54, 1.807) is 12.1 Å². The molecule has 0 aliphatic rings. The molecular formula is C25H30O2S2. The van der Waals surface area contributed by atoms with Gasteiger partial charge in [0.25, 0.3) is 0 Å². The lowest BCUT2D eigenvalue weighted by atomic mass is 9.94. The number of rotatable bonds is 6. The van der Waals surface area contributed by atoms with E-state index < -0.39 is 9.84 Å². The molecule has 3 aromatic carbocycles. The molecule has 2 nitrogen and oxygen atoms in total. The molecule has 3 rings (SSSR count). The highest BCUT2D eigenvalue weighted by Gasteiger charge is 2.21. The Morgan fingerprint density at radius 1 is 0.759 bits per heavy atom. The molecule has 4 heteroatoms. The average molecular weight is 427 g/mol. The van der Waals surface area contributed by atoms with Crippen molar-refractivity contribution >= 4 is 23.3 Å². The van der Waals surface area contributed by atoms with Gasteiger partial charge in [-0.1, -0.05) is 106 Å². The molecule has 154 valence electrons. The Bertz CT molecular complexity index is 978. The summed E-state index contributed by atoms with van der Waals surface area (Å²) in [7, 11) is -3.44. The van der Waals surface area contributed by atoms with Crippen LogP contribution in [-0.4, -0.2) is 14.2 Å². The molecule has 0 aromatic heterocycles. The van der Waals surface area contributed by atoms with E-state index in [9.17, 15) is 8.42 Å². The van der Waals surface area contributed by atoms with Crippen LogP contribution in [0.5, 0.6) is 0 Å². The van der Waals surface area contributed by atoms with Crippen LogP contribution >= 0.6 is 13.5 Å². The predicted molar refractivity (Wildman–Crippen MR) is 131 cm³/mol. The summed E-state index contributed by atoms with van der Waals surface area (Å²) >= 11 is 0. The van der Waals surface area contributed by atoms with Crippen LogP contribution in [0.15, 0.2) is 96.4 Å². The van der Waals surface area contributed by atoms with Crippen LogP contribution < -0.4 is 0 Å². The van der Waals surface area contributed by atoms with Crippen LogP contribution in [0.25, 0.3) is 22.3 Å². The van der Waals surface area contributed by atoms with E-state index in [0.717, 1.165) is 22.3 Å². The smallest absolute Gasteiger partial charge is 0.182 e. The summed E-state index contributed by atoms with van der Waals surface area (Å²) in [5.41, 5.74) is 3.53. The van der Waals surface area contributed by atoms with Gasteiger partial charge in [-0.25, -0.2) is 8.42 Å². The van der Waals surface area contributed by atoms with Gasteiger partial charge in [-0.3, -0.25) is 0 Å². The summed E-state index contributed by atoms with van der Waals surface area (Å²) in [6.45, 7) is 7.94. The predicted octanol–water partition coefficient (Wildman–Crippen LogP) is 6.90. The number of unbranched alkanes of at least 4 members (excludes halogenated alkanes) is 1. The molecule has 3 aromatic rings. The lowest BCUT2D eigenvalue weighted by molar-refractivity contribution is 0.599. The van der Waals surface area contributed by atoms with Gasteiger partial charge in [0, 0.05) is 5.56 Å². The third-order valence-corrected chi connectivity index (χ3v) is 6.03. The zero-order valence-corrected chi connectivity index (χ0v) is 19.0. The first-order valence-corrected chi connectivity index (χ1v) is 11.3. The third kappa shape index (κ3) is 6.62. The Balaban J connectivity index is 0.000000771. The van der Waals surface area contributed by atoms with Gasteiger partial charge < -0.3 is 0 Å². The Hall–Kier alpha value is -2.30. The van der Waals surface area contributed by atoms with Gasteiger partial charge in [-0.15, -0.1) is 6.58 Å². The largest absolute Gasteiger partial charge is 0.223 e. The molecular weight excluding hydrogens is 396 g/mol. The van der Waals surface area contributed by atoms with Gasteiger partial charge in [-0.05, 0) is 22.8 Å². The van der Waals surface area contributed by atoms with Crippen molar-refractivity contribution in [3.8, 4) is 22.3 Å². The van der Waals surface area contributed by atoms with Crippen LogP contribution in [0, 0.1) is 0 Å². The first-order valence-electron chi connectivity index (χ1n) is 9.62. The molecule has 0 spiro atoms. The van der Waals surface area contributed by atoms with E-state index in [1.807, 2.05) is 66.7 Å². The monoisotopic (exact) mass is 426 g/mol. The van der Waals surface area contributed by atoms with Gasteiger partial charge in [0.15, 0.2) is 9.84 Å². The fourth-order valence-electron chi connectivity index (χ4n) is 2.80. The molecule has 0 amide bonds. The molecule has 0 aliphatic carbocycles. The summed E-state index contributed by atoms with van der Waals surface area (Å²) < 4.78 is 25.5. The maximum absolute atomic E-state index is 12.7.